The van der Waals surface area contributed by atoms with Crippen LogP contribution in [0.1, 0.15) is 12.5 Å². The van der Waals surface area contributed by atoms with Crippen molar-refractivity contribution in [2.75, 3.05) is 19.6 Å². The second-order valence-corrected chi connectivity index (χ2v) is 6.39. The van der Waals surface area contributed by atoms with Crippen LogP contribution in [-0.4, -0.2) is 53.3 Å². The van der Waals surface area contributed by atoms with E-state index in [1.807, 2.05) is 0 Å². The average Bonchev–Trinajstić information content (AvgIpc) is 2.62. The van der Waals surface area contributed by atoms with Crippen LogP contribution in [0.4, 0.5) is 4.79 Å². The van der Waals surface area contributed by atoms with Gasteiger partial charge in [-0.05, 0) is 31.2 Å². The smallest absolute Gasteiger partial charge is 0.318 e. The van der Waals surface area contributed by atoms with Crippen LogP contribution in [0.3, 0.4) is 0 Å². The minimum atomic E-state index is -0.462. The highest BCUT2D eigenvalue weighted by Gasteiger charge is 2.30. The van der Waals surface area contributed by atoms with Crippen molar-refractivity contribution in [2.24, 2.45) is 0 Å². The molecule has 4 amide bonds. The molecule has 8 heteroatoms. The van der Waals surface area contributed by atoms with E-state index < -0.39 is 23.9 Å². The number of nitrogens with zero attached hydrogens (tertiary/aromatic N) is 2. The highest BCUT2D eigenvalue weighted by Crippen LogP contribution is 2.22. The number of benzene rings is 1. The fourth-order valence-corrected chi connectivity index (χ4v) is 2.57. The van der Waals surface area contributed by atoms with Crippen LogP contribution < -0.4 is 5.32 Å². The molecular formula is C18H17Cl2N3O3. The molecule has 1 saturated heterocycles. The maximum absolute atomic E-state index is 12.2. The number of hydrogen-bond donors (Lipinski definition) is 1. The van der Waals surface area contributed by atoms with E-state index in [9.17, 15) is 14.4 Å². The fraction of sp³-hybridized carbons (Fsp3) is 0.278. The lowest BCUT2D eigenvalue weighted by Gasteiger charge is -2.32. The second-order valence-electron chi connectivity index (χ2n) is 5.58. The van der Waals surface area contributed by atoms with Crippen LogP contribution in [0.5, 0.6) is 0 Å². The first-order chi connectivity index (χ1) is 12.3. The van der Waals surface area contributed by atoms with Gasteiger partial charge in [-0.2, -0.15) is 0 Å². The van der Waals surface area contributed by atoms with E-state index in [2.05, 4.69) is 23.7 Å². The van der Waals surface area contributed by atoms with Crippen molar-refractivity contribution >= 4 is 41.0 Å². The molecule has 1 heterocycles. The molecule has 0 saturated carbocycles. The highest BCUT2D eigenvalue weighted by molar-refractivity contribution is 6.42. The number of amides is 4. The van der Waals surface area contributed by atoms with Crippen LogP contribution in [0.15, 0.2) is 30.9 Å². The molecule has 0 unspecified atom stereocenters. The van der Waals surface area contributed by atoms with Gasteiger partial charge >= 0.3 is 6.03 Å². The molecule has 1 atom stereocenters. The van der Waals surface area contributed by atoms with Crippen molar-refractivity contribution in [1.29, 1.82) is 0 Å². The monoisotopic (exact) mass is 393 g/mol. The molecule has 26 heavy (non-hydrogen) atoms. The Bertz CT molecular complexity index is 814. The highest BCUT2D eigenvalue weighted by atomic mass is 35.5. The van der Waals surface area contributed by atoms with Gasteiger partial charge in [0, 0.05) is 18.7 Å². The Morgan fingerprint density at radius 3 is 2.65 bits per heavy atom. The third-order valence-corrected chi connectivity index (χ3v) is 4.38. The van der Waals surface area contributed by atoms with E-state index in [4.69, 9.17) is 23.2 Å². The first-order valence-electron chi connectivity index (χ1n) is 7.80. The topological polar surface area (TPSA) is 69.7 Å². The molecule has 0 aliphatic carbocycles. The number of piperazine rings is 1. The normalized spacial score (nSPS) is 15.0. The Balaban J connectivity index is 1.93. The molecule has 2 rings (SSSR count). The maximum atomic E-state index is 12.2. The molecule has 1 aliphatic rings. The summed E-state index contributed by atoms with van der Waals surface area (Å²) in [5.41, 5.74) is 0.673. The van der Waals surface area contributed by atoms with Crippen molar-refractivity contribution in [3.8, 4) is 11.8 Å². The zero-order chi connectivity index (χ0) is 19.3. The van der Waals surface area contributed by atoms with E-state index in [1.54, 1.807) is 25.1 Å². The number of halogens is 2. The van der Waals surface area contributed by atoms with Crippen LogP contribution in [0, 0.1) is 11.8 Å². The Hall–Kier alpha value is -2.49. The Labute approximate surface area is 161 Å². The van der Waals surface area contributed by atoms with Crippen molar-refractivity contribution in [1.82, 2.24) is 15.1 Å². The molecule has 0 spiro atoms. The zero-order valence-corrected chi connectivity index (χ0v) is 15.6. The Kier molecular flexibility index (Phi) is 6.67. The summed E-state index contributed by atoms with van der Waals surface area (Å²) in [5, 5.41) is 3.55. The molecule has 1 fully saturated rings. The first kappa shape index (κ1) is 19.8. The quantitative estimate of drug-likeness (QED) is 0.618. The van der Waals surface area contributed by atoms with Gasteiger partial charge < -0.3 is 10.2 Å². The SMILES string of the molecule is C=CC(=O)N1CCN(C(=O)N[C@@H](C)C#Cc2ccc(Cl)c(Cl)c2)CC1=O. The van der Waals surface area contributed by atoms with E-state index >= 15 is 0 Å². The molecule has 0 radical (unpaired) electrons. The molecule has 1 aromatic rings. The van der Waals surface area contributed by atoms with Gasteiger partial charge in [0.1, 0.15) is 6.54 Å². The number of rotatable bonds is 2. The van der Waals surface area contributed by atoms with Crippen LogP contribution in [-0.2, 0) is 9.59 Å². The predicted octanol–water partition coefficient (Wildman–Crippen LogP) is 2.30. The summed E-state index contributed by atoms with van der Waals surface area (Å²) >= 11 is 11.8. The Morgan fingerprint density at radius 1 is 1.31 bits per heavy atom. The number of nitrogens with one attached hydrogen (secondary N) is 1. The van der Waals surface area contributed by atoms with Gasteiger partial charge in [-0.15, -0.1) is 0 Å². The standard InChI is InChI=1S/C18H17Cl2N3O3/c1-3-16(24)23-9-8-22(11-17(23)25)18(26)21-12(2)4-5-13-6-7-14(19)15(20)10-13/h3,6-7,10,12H,1,8-9,11H2,2H3,(H,21,26)/t12-/m0/s1. The van der Waals surface area contributed by atoms with Gasteiger partial charge in [0.15, 0.2) is 0 Å². The van der Waals surface area contributed by atoms with E-state index in [1.165, 1.54) is 4.90 Å². The van der Waals surface area contributed by atoms with Crippen molar-refractivity contribution in [3.05, 3.63) is 46.5 Å². The zero-order valence-electron chi connectivity index (χ0n) is 14.1. The van der Waals surface area contributed by atoms with Gasteiger partial charge in [0.25, 0.3) is 5.91 Å². The molecule has 136 valence electrons. The Morgan fingerprint density at radius 2 is 2.04 bits per heavy atom. The summed E-state index contributed by atoms with van der Waals surface area (Å²) < 4.78 is 0. The van der Waals surface area contributed by atoms with Crippen molar-refractivity contribution in [2.45, 2.75) is 13.0 Å². The van der Waals surface area contributed by atoms with Gasteiger partial charge in [-0.1, -0.05) is 41.6 Å². The summed E-state index contributed by atoms with van der Waals surface area (Å²) in [7, 11) is 0. The second kappa shape index (κ2) is 8.75. The van der Waals surface area contributed by atoms with E-state index in [0.717, 1.165) is 11.0 Å². The molecular weight excluding hydrogens is 377 g/mol. The summed E-state index contributed by atoms with van der Waals surface area (Å²) in [4.78, 5) is 38.1. The molecule has 6 nitrogen and oxygen atoms in total. The number of imide groups is 1. The number of carbonyl (C=O) groups excluding carboxylic acids is 3. The van der Waals surface area contributed by atoms with Crippen LogP contribution in [0.25, 0.3) is 0 Å². The molecule has 1 aromatic carbocycles. The van der Waals surface area contributed by atoms with Gasteiger partial charge in [-0.3, -0.25) is 14.5 Å². The lowest BCUT2D eigenvalue weighted by Crippen LogP contribution is -2.56. The summed E-state index contributed by atoms with van der Waals surface area (Å²) in [6.45, 7) is 5.30. The number of hydrogen-bond acceptors (Lipinski definition) is 3. The van der Waals surface area contributed by atoms with Gasteiger partial charge in [-0.25, -0.2) is 4.79 Å². The molecule has 1 aliphatic heterocycles. The predicted molar refractivity (Wildman–Crippen MR) is 99.8 cm³/mol. The minimum Gasteiger partial charge on any atom is -0.325 e. The molecule has 0 aromatic heterocycles. The lowest BCUT2D eigenvalue weighted by atomic mass is 10.2. The summed E-state index contributed by atoms with van der Waals surface area (Å²) in [6.07, 6.45) is 1.08. The first-order valence-corrected chi connectivity index (χ1v) is 8.56. The molecule has 1 N–H and O–H groups in total. The minimum absolute atomic E-state index is 0.139. The lowest BCUT2D eigenvalue weighted by molar-refractivity contribution is -0.145. The largest absolute Gasteiger partial charge is 0.325 e. The van der Waals surface area contributed by atoms with Gasteiger partial charge in [0.2, 0.25) is 5.91 Å². The average molecular weight is 394 g/mol. The van der Waals surface area contributed by atoms with E-state index in [0.29, 0.717) is 15.6 Å². The van der Waals surface area contributed by atoms with Crippen LogP contribution >= 0.6 is 23.2 Å². The summed E-state index contributed by atoms with van der Waals surface area (Å²) in [5.74, 6) is 4.89. The van der Waals surface area contributed by atoms with Gasteiger partial charge in [0.05, 0.1) is 16.1 Å². The fourth-order valence-electron chi connectivity index (χ4n) is 2.27. The molecule has 0 bridgehead atoms. The third kappa shape index (κ3) is 5.01. The van der Waals surface area contributed by atoms with Crippen molar-refractivity contribution < 1.29 is 14.4 Å². The number of urea groups is 1. The van der Waals surface area contributed by atoms with Crippen LogP contribution in [0.2, 0.25) is 10.0 Å². The third-order valence-electron chi connectivity index (χ3n) is 3.64. The summed E-state index contributed by atoms with van der Waals surface area (Å²) in [6, 6.07) is 4.15. The number of carbonyl (C=O) groups is 3. The van der Waals surface area contributed by atoms with E-state index in [-0.39, 0.29) is 19.6 Å². The van der Waals surface area contributed by atoms with Crippen molar-refractivity contribution in [3.63, 3.8) is 0 Å². The maximum Gasteiger partial charge on any atom is 0.318 e.